The molecule has 8 nitrogen and oxygen atoms in total. The quantitative estimate of drug-likeness (QED) is 0.389. The first-order valence-electron chi connectivity index (χ1n) is 7.82. The van der Waals surface area contributed by atoms with Crippen molar-refractivity contribution in [3.63, 3.8) is 0 Å². The molecule has 1 heterocycles. The lowest BCUT2D eigenvalue weighted by Crippen LogP contribution is -2.31. The molecule has 2 N–H and O–H groups in total. The molecule has 0 amide bonds. The van der Waals surface area contributed by atoms with E-state index in [1.165, 1.54) is 6.92 Å². The van der Waals surface area contributed by atoms with Gasteiger partial charge < -0.3 is 4.74 Å². The summed E-state index contributed by atoms with van der Waals surface area (Å²) in [5.74, 6) is -2.20. The smallest absolute Gasteiger partial charge is 0.434 e. The van der Waals surface area contributed by atoms with E-state index in [9.17, 15) is 39.6 Å². The van der Waals surface area contributed by atoms with Crippen molar-refractivity contribution in [3.8, 4) is 0 Å². The molecular weight excluding hydrogens is 446 g/mol. The summed E-state index contributed by atoms with van der Waals surface area (Å²) < 4.78 is 106. The van der Waals surface area contributed by atoms with Gasteiger partial charge in [-0.1, -0.05) is 0 Å². The lowest BCUT2D eigenvalue weighted by Gasteiger charge is -2.13. The van der Waals surface area contributed by atoms with E-state index in [-0.39, 0.29) is 6.61 Å². The number of anilines is 1. The molecule has 0 aliphatic carbocycles. The number of halogens is 6. The van der Waals surface area contributed by atoms with E-state index in [1.54, 1.807) is 10.3 Å². The largest absolute Gasteiger partial charge is 0.462 e. The second-order valence-electron chi connectivity index (χ2n) is 5.43. The van der Waals surface area contributed by atoms with Crippen LogP contribution in [0.4, 0.5) is 32.3 Å². The Morgan fingerprint density at radius 2 is 1.67 bits per heavy atom. The number of hydrogen-bond acceptors (Lipinski definition) is 7. The molecule has 30 heavy (non-hydrogen) atoms. The summed E-state index contributed by atoms with van der Waals surface area (Å²) in [7, 11) is -4.49. The fourth-order valence-electron chi connectivity index (χ4n) is 2.01. The van der Waals surface area contributed by atoms with E-state index in [0.29, 0.717) is 30.5 Å². The van der Waals surface area contributed by atoms with Crippen LogP contribution >= 0.6 is 0 Å². The molecule has 0 bridgehead atoms. The average Bonchev–Trinajstić information content (AvgIpc) is 2.65. The minimum Gasteiger partial charge on any atom is -0.462 e. The topological polar surface area (TPSA) is 110 Å². The number of carbonyl (C=O) groups excluding carboxylic acids is 1. The first-order chi connectivity index (χ1) is 13.8. The highest BCUT2D eigenvalue weighted by atomic mass is 32.2. The van der Waals surface area contributed by atoms with Gasteiger partial charge in [0.2, 0.25) is 5.95 Å². The van der Waals surface area contributed by atoms with Crippen LogP contribution < -0.4 is 10.3 Å². The Hall–Kier alpha value is -2.94. The van der Waals surface area contributed by atoms with Crippen LogP contribution in [0.3, 0.4) is 0 Å². The van der Waals surface area contributed by atoms with Crippen LogP contribution in [0.2, 0.25) is 0 Å². The Morgan fingerprint density at radius 3 is 2.17 bits per heavy atom. The van der Waals surface area contributed by atoms with Gasteiger partial charge in [0.05, 0.1) is 17.1 Å². The molecule has 2 aromatic rings. The van der Waals surface area contributed by atoms with E-state index >= 15 is 0 Å². The normalized spacial score (nSPS) is 12.5. The highest BCUT2D eigenvalue weighted by Gasteiger charge is 2.38. The summed E-state index contributed by atoms with van der Waals surface area (Å²) in [6.07, 6.45) is -9.28. The van der Waals surface area contributed by atoms with Crippen molar-refractivity contribution in [2.75, 3.05) is 12.0 Å². The number of ether oxygens (including phenoxy) is 1. The third-order valence-electron chi connectivity index (χ3n) is 3.34. The molecule has 0 aliphatic rings. The zero-order valence-corrected chi connectivity index (χ0v) is 15.6. The maximum Gasteiger partial charge on any atom is 0.434 e. The van der Waals surface area contributed by atoms with Gasteiger partial charge in [-0.2, -0.15) is 26.3 Å². The van der Waals surface area contributed by atoms with Crippen LogP contribution in [0.15, 0.2) is 35.4 Å². The van der Waals surface area contributed by atoms with E-state index < -0.39 is 56.0 Å². The highest BCUT2D eigenvalue weighted by Crippen LogP contribution is 2.31. The SMILES string of the molecule is CCOC(=O)c1cnc(NNS(=O)(=O)c2ccc(C(F)(F)F)cc2)nc1C(F)(F)F. The lowest BCUT2D eigenvalue weighted by atomic mass is 10.2. The number of aromatic nitrogens is 2. The molecule has 0 atom stereocenters. The van der Waals surface area contributed by atoms with Crippen molar-refractivity contribution in [2.24, 2.45) is 0 Å². The van der Waals surface area contributed by atoms with Crippen LogP contribution in [0.25, 0.3) is 0 Å². The van der Waals surface area contributed by atoms with Crippen LogP contribution in [-0.4, -0.2) is 31.0 Å². The number of hydrazine groups is 1. The molecule has 164 valence electrons. The summed E-state index contributed by atoms with van der Waals surface area (Å²) in [5, 5.41) is 0. The number of nitrogens with zero attached hydrogens (tertiary/aromatic N) is 2. The van der Waals surface area contributed by atoms with E-state index in [4.69, 9.17) is 0 Å². The molecule has 15 heteroatoms. The van der Waals surface area contributed by atoms with Crippen molar-refractivity contribution in [2.45, 2.75) is 24.2 Å². The predicted molar refractivity (Wildman–Crippen MR) is 88.4 cm³/mol. The number of nitrogens with one attached hydrogen (secondary N) is 2. The molecule has 0 spiro atoms. The number of alkyl halides is 6. The molecule has 1 aromatic heterocycles. The molecule has 0 aliphatic heterocycles. The Kier molecular flexibility index (Phi) is 6.56. The van der Waals surface area contributed by atoms with Gasteiger partial charge in [-0.15, -0.1) is 4.83 Å². The van der Waals surface area contributed by atoms with Crippen LogP contribution in [0.5, 0.6) is 0 Å². The maximum atomic E-state index is 13.1. The molecule has 2 rings (SSSR count). The van der Waals surface area contributed by atoms with Crippen molar-refractivity contribution < 1.29 is 44.3 Å². The Morgan fingerprint density at radius 1 is 1.07 bits per heavy atom. The number of hydrogen-bond donors (Lipinski definition) is 2. The summed E-state index contributed by atoms with van der Waals surface area (Å²) >= 11 is 0. The van der Waals surface area contributed by atoms with E-state index in [1.807, 2.05) is 0 Å². The fraction of sp³-hybridized carbons (Fsp3) is 0.267. The monoisotopic (exact) mass is 458 g/mol. The van der Waals surface area contributed by atoms with Crippen molar-refractivity contribution in [1.82, 2.24) is 14.8 Å². The number of rotatable bonds is 6. The second kappa shape index (κ2) is 8.43. The van der Waals surface area contributed by atoms with Gasteiger partial charge in [-0.3, -0.25) is 5.43 Å². The maximum absolute atomic E-state index is 13.1. The summed E-state index contributed by atoms with van der Waals surface area (Å²) in [6, 6.07) is 2.33. The zero-order chi connectivity index (χ0) is 22.7. The molecule has 0 saturated heterocycles. The number of benzene rings is 1. The zero-order valence-electron chi connectivity index (χ0n) is 14.8. The molecule has 0 radical (unpaired) electrons. The van der Waals surface area contributed by atoms with Crippen molar-refractivity contribution in [3.05, 3.63) is 47.3 Å². The van der Waals surface area contributed by atoms with Gasteiger partial charge in [-0.25, -0.2) is 23.2 Å². The predicted octanol–water partition coefficient (Wildman–Crippen LogP) is 3.00. The number of sulfonamides is 1. The summed E-state index contributed by atoms with van der Waals surface area (Å²) in [4.78, 5) is 19.1. The van der Waals surface area contributed by atoms with E-state index in [0.717, 1.165) is 0 Å². The van der Waals surface area contributed by atoms with Gasteiger partial charge in [0, 0.05) is 6.20 Å². The first kappa shape index (κ1) is 23.3. The van der Waals surface area contributed by atoms with Crippen LogP contribution in [0, 0.1) is 0 Å². The average molecular weight is 458 g/mol. The molecular formula is C15H12F6N4O4S. The minimum absolute atomic E-state index is 0.205. The van der Waals surface area contributed by atoms with Crippen LogP contribution in [0.1, 0.15) is 28.5 Å². The Balaban J connectivity index is 2.25. The Bertz CT molecular complexity index is 1020. The second-order valence-corrected chi connectivity index (χ2v) is 7.11. The standard InChI is InChI=1S/C15H12F6N4O4S/c1-2-29-12(26)10-7-22-13(23-11(10)15(19,20)21)24-25-30(27,28)9-5-3-8(4-6-9)14(16,17)18/h3-7,25H,2H2,1H3,(H,22,23,24). The van der Waals surface area contributed by atoms with Gasteiger partial charge in [0.25, 0.3) is 10.0 Å². The first-order valence-corrected chi connectivity index (χ1v) is 9.30. The van der Waals surface area contributed by atoms with Gasteiger partial charge >= 0.3 is 18.3 Å². The third kappa shape index (κ3) is 5.56. The van der Waals surface area contributed by atoms with Crippen molar-refractivity contribution >= 4 is 21.9 Å². The molecule has 0 unspecified atom stereocenters. The van der Waals surface area contributed by atoms with Crippen LogP contribution in [-0.2, 0) is 27.1 Å². The Labute approximate surface area is 165 Å². The fourth-order valence-corrected chi connectivity index (χ4v) is 2.85. The summed E-state index contributed by atoms with van der Waals surface area (Å²) in [6.45, 7) is 1.17. The third-order valence-corrected chi connectivity index (χ3v) is 4.61. The number of esters is 1. The number of carbonyl (C=O) groups is 1. The summed E-state index contributed by atoms with van der Waals surface area (Å²) in [5.41, 5.74) is -1.95. The van der Waals surface area contributed by atoms with Gasteiger partial charge in [0.1, 0.15) is 5.56 Å². The highest BCUT2D eigenvalue weighted by molar-refractivity contribution is 7.89. The molecule has 0 fully saturated rings. The van der Waals surface area contributed by atoms with Crippen molar-refractivity contribution in [1.29, 1.82) is 0 Å². The molecule has 0 saturated carbocycles. The van der Waals surface area contributed by atoms with Gasteiger partial charge in [0.15, 0.2) is 5.69 Å². The lowest BCUT2D eigenvalue weighted by molar-refractivity contribution is -0.141. The minimum atomic E-state index is -5.09. The van der Waals surface area contributed by atoms with E-state index in [2.05, 4.69) is 14.7 Å². The molecule has 1 aromatic carbocycles. The van der Waals surface area contributed by atoms with Gasteiger partial charge in [-0.05, 0) is 31.2 Å².